The number of ether oxygens (including phenoxy) is 1. The van der Waals surface area contributed by atoms with Crippen LogP contribution in [0, 0.1) is 0 Å². The van der Waals surface area contributed by atoms with Gasteiger partial charge in [-0.2, -0.15) is 0 Å². The van der Waals surface area contributed by atoms with Crippen LogP contribution >= 0.6 is 11.8 Å². The minimum Gasteiger partial charge on any atom is -0.495 e. The SMILES string of the molecule is COc1ccccc1N1CCN(C(=O)CSc2nc3ccccc3c(=O)n2CCC(=O)N2CCN(c3ccccc3)CC2)CC1. The first-order valence-electron chi connectivity index (χ1n) is 15.4. The number of carbonyl (C=O) groups is 2. The molecule has 2 saturated heterocycles. The molecule has 3 heterocycles. The Labute approximate surface area is 267 Å². The van der Waals surface area contributed by atoms with Crippen LogP contribution < -0.4 is 20.1 Å². The van der Waals surface area contributed by atoms with E-state index in [0.29, 0.717) is 55.3 Å². The molecule has 2 aliphatic rings. The summed E-state index contributed by atoms with van der Waals surface area (Å²) in [5.74, 6) is 0.999. The molecular formula is C34H38N6O4S. The van der Waals surface area contributed by atoms with E-state index in [1.807, 2.05) is 64.4 Å². The molecule has 2 aliphatic heterocycles. The molecule has 0 spiro atoms. The van der Waals surface area contributed by atoms with Gasteiger partial charge in [0, 0.05) is 71.0 Å². The number of carbonyl (C=O) groups excluding carboxylic acids is 2. The number of methoxy groups -OCH3 is 1. The van der Waals surface area contributed by atoms with Crippen molar-refractivity contribution in [1.29, 1.82) is 0 Å². The van der Waals surface area contributed by atoms with Gasteiger partial charge < -0.3 is 24.3 Å². The summed E-state index contributed by atoms with van der Waals surface area (Å²) in [6, 6.07) is 25.4. The third kappa shape index (κ3) is 6.93. The molecule has 1 aromatic heterocycles. The summed E-state index contributed by atoms with van der Waals surface area (Å²) >= 11 is 1.26. The Morgan fingerprint density at radius 2 is 1.38 bits per heavy atom. The summed E-state index contributed by atoms with van der Waals surface area (Å²) in [4.78, 5) is 53.1. The Morgan fingerprint density at radius 1 is 0.756 bits per heavy atom. The number of nitrogens with zero attached hydrogens (tertiary/aromatic N) is 6. The first-order valence-corrected chi connectivity index (χ1v) is 16.4. The first-order chi connectivity index (χ1) is 22.0. The van der Waals surface area contributed by atoms with Gasteiger partial charge in [0.05, 0.1) is 29.5 Å². The van der Waals surface area contributed by atoms with Crippen LogP contribution in [0.1, 0.15) is 6.42 Å². The fraction of sp³-hybridized carbons (Fsp3) is 0.353. The van der Waals surface area contributed by atoms with E-state index in [2.05, 4.69) is 21.9 Å². The second-order valence-electron chi connectivity index (χ2n) is 11.2. The maximum Gasteiger partial charge on any atom is 0.262 e. The molecule has 0 atom stereocenters. The lowest BCUT2D eigenvalue weighted by Gasteiger charge is -2.36. The van der Waals surface area contributed by atoms with Crippen LogP contribution in [-0.4, -0.2) is 96.4 Å². The van der Waals surface area contributed by atoms with E-state index in [0.717, 1.165) is 30.2 Å². The zero-order chi connectivity index (χ0) is 31.2. The molecule has 3 aromatic carbocycles. The quantitative estimate of drug-likeness (QED) is 0.206. The molecule has 6 rings (SSSR count). The number of rotatable bonds is 9. The standard InChI is InChI=1S/C34H38N6O4S/c1-44-30-14-8-7-13-29(30)37-19-23-39(24-20-37)32(42)25-45-34-35-28-12-6-5-11-27(28)33(43)40(34)16-15-31(41)38-21-17-36(18-22-38)26-9-3-2-4-10-26/h2-14H,15-25H2,1H3. The number of hydrogen-bond acceptors (Lipinski definition) is 8. The van der Waals surface area contributed by atoms with Gasteiger partial charge in [0.2, 0.25) is 11.8 Å². The number of para-hydroxylation sites is 4. The normalized spacial score (nSPS) is 15.4. The van der Waals surface area contributed by atoms with E-state index < -0.39 is 0 Å². The molecule has 4 aromatic rings. The molecule has 0 N–H and O–H groups in total. The maximum atomic E-state index is 13.6. The topological polar surface area (TPSA) is 91.2 Å². The van der Waals surface area contributed by atoms with Gasteiger partial charge in [-0.3, -0.25) is 19.0 Å². The van der Waals surface area contributed by atoms with Crippen molar-refractivity contribution in [3.8, 4) is 5.75 Å². The molecule has 0 bridgehead atoms. The Kier molecular flexibility index (Phi) is 9.54. The van der Waals surface area contributed by atoms with Gasteiger partial charge >= 0.3 is 0 Å². The van der Waals surface area contributed by atoms with Crippen LogP contribution in [0.15, 0.2) is 88.8 Å². The molecule has 10 nitrogen and oxygen atoms in total. The highest BCUT2D eigenvalue weighted by atomic mass is 32.2. The monoisotopic (exact) mass is 626 g/mol. The van der Waals surface area contributed by atoms with E-state index in [4.69, 9.17) is 9.72 Å². The second-order valence-corrected chi connectivity index (χ2v) is 12.1. The van der Waals surface area contributed by atoms with E-state index in [1.54, 1.807) is 23.8 Å². The summed E-state index contributed by atoms with van der Waals surface area (Å²) in [6.45, 7) is 5.63. The molecule has 2 amide bonds. The van der Waals surface area contributed by atoms with Crippen molar-refractivity contribution in [2.24, 2.45) is 0 Å². The van der Waals surface area contributed by atoms with Gasteiger partial charge in [-0.25, -0.2) is 4.98 Å². The molecule has 234 valence electrons. The smallest absolute Gasteiger partial charge is 0.262 e. The minimum absolute atomic E-state index is 0.000924. The summed E-state index contributed by atoms with van der Waals surface area (Å²) in [5, 5.41) is 0.964. The van der Waals surface area contributed by atoms with Gasteiger partial charge in [0.1, 0.15) is 5.75 Å². The maximum absolute atomic E-state index is 13.6. The van der Waals surface area contributed by atoms with Gasteiger partial charge in [-0.05, 0) is 36.4 Å². The Morgan fingerprint density at radius 3 is 2.11 bits per heavy atom. The number of fused-ring (bicyclic) bond motifs is 1. The van der Waals surface area contributed by atoms with Crippen LogP contribution in [0.25, 0.3) is 10.9 Å². The summed E-state index contributed by atoms with van der Waals surface area (Å²) < 4.78 is 7.08. The highest BCUT2D eigenvalue weighted by molar-refractivity contribution is 7.99. The predicted octanol–water partition coefficient (Wildman–Crippen LogP) is 3.58. The molecule has 2 fully saturated rings. The van der Waals surface area contributed by atoms with Crippen molar-refractivity contribution in [3.05, 3.63) is 89.2 Å². The van der Waals surface area contributed by atoms with Crippen molar-refractivity contribution in [3.63, 3.8) is 0 Å². The molecule has 0 saturated carbocycles. The van der Waals surface area contributed by atoms with Gasteiger partial charge in [0.15, 0.2) is 5.16 Å². The number of aromatic nitrogens is 2. The van der Waals surface area contributed by atoms with Crippen molar-refractivity contribution >= 4 is 45.9 Å². The van der Waals surface area contributed by atoms with Crippen LogP contribution in [-0.2, 0) is 16.1 Å². The Hall–Kier alpha value is -4.51. The zero-order valence-electron chi connectivity index (χ0n) is 25.5. The van der Waals surface area contributed by atoms with Gasteiger partial charge in [-0.15, -0.1) is 0 Å². The van der Waals surface area contributed by atoms with Crippen molar-refractivity contribution in [1.82, 2.24) is 19.4 Å². The number of piperazine rings is 2. The summed E-state index contributed by atoms with van der Waals surface area (Å²) in [7, 11) is 1.67. The Bertz CT molecular complexity index is 1700. The lowest BCUT2D eigenvalue weighted by molar-refractivity contribution is -0.132. The molecule has 11 heteroatoms. The average molecular weight is 627 g/mol. The minimum atomic E-state index is -0.192. The number of thioether (sulfide) groups is 1. The van der Waals surface area contributed by atoms with Crippen LogP contribution in [0.2, 0.25) is 0 Å². The first kappa shape index (κ1) is 30.5. The number of benzene rings is 3. The van der Waals surface area contributed by atoms with E-state index >= 15 is 0 Å². The van der Waals surface area contributed by atoms with E-state index in [-0.39, 0.29) is 36.1 Å². The fourth-order valence-corrected chi connectivity index (χ4v) is 6.91. The lowest BCUT2D eigenvalue weighted by atomic mass is 10.2. The highest BCUT2D eigenvalue weighted by Crippen LogP contribution is 2.28. The molecule has 0 aliphatic carbocycles. The number of hydrogen-bond donors (Lipinski definition) is 0. The third-order valence-corrected chi connectivity index (χ3v) is 9.47. The average Bonchev–Trinajstić information content (AvgIpc) is 3.10. The summed E-state index contributed by atoms with van der Waals surface area (Å²) in [6.07, 6.45) is 0.192. The second kappa shape index (κ2) is 14.1. The zero-order valence-corrected chi connectivity index (χ0v) is 26.3. The van der Waals surface area contributed by atoms with E-state index in [1.165, 1.54) is 11.8 Å². The molecule has 45 heavy (non-hydrogen) atoms. The van der Waals surface area contributed by atoms with Crippen molar-refractivity contribution < 1.29 is 14.3 Å². The van der Waals surface area contributed by atoms with Gasteiger partial charge in [0.25, 0.3) is 5.56 Å². The number of anilines is 2. The largest absolute Gasteiger partial charge is 0.495 e. The summed E-state index contributed by atoms with van der Waals surface area (Å²) in [5.41, 5.74) is 2.58. The molecule has 0 unspecified atom stereocenters. The van der Waals surface area contributed by atoms with Crippen LogP contribution in [0.4, 0.5) is 11.4 Å². The Balaban J connectivity index is 1.08. The van der Waals surface area contributed by atoms with Crippen LogP contribution in [0.3, 0.4) is 0 Å². The fourth-order valence-electron chi connectivity index (χ4n) is 5.98. The van der Waals surface area contributed by atoms with Crippen LogP contribution in [0.5, 0.6) is 5.75 Å². The molecule has 0 radical (unpaired) electrons. The lowest BCUT2D eigenvalue weighted by Crippen LogP contribution is -2.49. The van der Waals surface area contributed by atoms with Crippen molar-refractivity contribution in [2.75, 3.05) is 75.0 Å². The number of amides is 2. The third-order valence-electron chi connectivity index (χ3n) is 8.51. The molecular weight excluding hydrogens is 588 g/mol. The predicted molar refractivity (Wildman–Crippen MR) is 178 cm³/mol. The van der Waals surface area contributed by atoms with E-state index in [9.17, 15) is 14.4 Å². The highest BCUT2D eigenvalue weighted by Gasteiger charge is 2.25. The van der Waals surface area contributed by atoms with Gasteiger partial charge in [-0.1, -0.05) is 54.2 Å². The van der Waals surface area contributed by atoms with Crippen molar-refractivity contribution in [2.45, 2.75) is 18.1 Å².